The third kappa shape index (κ3) is 7.11. The molecule has 1 rings (SSSR count). The number of nitrogens with two attached hydrogens (primary N) is 1. The van der Waals surface area contributed by atoms with Crippen molar-refractivity contribution in [3.8, 4) is 5.75 Å². The molecule has 0 aliphatic rings. The zero-order chi connectivity index (χ0) is 18.3. The zero-order valence-electron chi connectivity index (χ0n) is 15.5. The van der Waals surface area contributed by atoms with Gasteiger partial charge in [-0.1, -0.05) is 13.8 Å². The average Bonchev–Trinajstić information content (AvgIpc) is 2.51. The molecule has 6 nitrogen and oxygen atoms in total. The molecule has 3 N–H and O–H groups in total. The van der Waals surface area contributed by atoms with Crippen LogP contribution in [0.3, 0.4) is 0 Å². The predicted octanol–water partition coefficient (Wildman–Crippen LogP) is -1.68. The van der Waals surface area contributed by atoms with E-state index in [2.05, 4.69) is 18.7 Å². The summed E-state index contributed by atoms with van der Waals surface area (Å²) in [6, 6.07) is 4.26. The minimum Gasteiger partial charge on any atom is -0.545 e. The standard InChI is InChI=1S/C17H27N3O3S.Na/c1-4-19(5-2)10-6-7-12(3)20(17(18)24)13-8-9-14(16(22)23)15(21)11-13;/h8-9,11-12,21H,4-7,10H2,1-3H3,(H2,18,24)(H,22,23);/q;+1/p-1. The van der Waals surface area contributed by atoms with Crippen LogP contribution in [0.5, 0.6) is 5.75 Å². The molecule has 1 atom stereocenters. The Balaban J connectivity index is 0.00000576. The van der Waals surface area contributed by atoms with E-state index < -0.39 is 5.97 Å². The number of hydrogen-bond acceptors (Lipinski definition) is 5. The Bertz CT molecular complexity index is 582. The predicted molar refractivity (Wildman–Crippen MR) is 98.2 cm³/mol. The van der Waals surface area contributed by atoms with Gasteiger partial charge in [-0.15, -0.1) is 0 Å². The molecular weight excluding hydrogens is 349 g/mol. The molecule has 0 aliphatic heterocycles. The first kappa shape index (κ1) is 24.1. The fourth-order valence-corrected chi connectivity index (χ4v) is 3.01. The van der Waals surface area contributed by atoms with Crippen molar-refractivity contribution in [1.82, 2.24) is 4.90 Å². The molecule has 1 unspecified atom stereocenters. The van der Waals surface area contributed by atoms with Gasteiger partial charge in [0.25, 0.3) is 0 Å². The van der Waals surface area contributed by atoms with E-state index in [9.17, 15) is 15.0 Å². The first-order valence-corrected chi connectivity index (χ1v) is 8.57. The molecule has 0 amide bonds. The van der Waals surface area contributed by atoms with Crippen molar-refractivity contribution in [1.29, 1.82) is 0 Å². The minimum absolute atomic E-state index is 0. The number of nitrogens with zero attached hydrogens (tertiary/aromatic N) is 2. The van der Waals surface area contributed by atoms with Gasteiger partial charge in [0.15, 0.2) is 5.11 Å². The van der Waals surface area contributed by atoms with Crippen LogP contribution in [0.25, 0.3) is 0 Å². The summed E-state index contributed by atoms with van der Waals surface area (Å²) >= 11 is 5.13. The number of rotatable bonds is 9. The molecule has 25 heavy (non-hydrogen) atoms. The van der Waals surface area contributed by atoms with E-state index in [0.717, 1.165) is 32.5 Å². The summed E-state index contributed by atoms with van der Waals surface area (Å²) in [6.45, 7) is 9.30. The van der Waals surface area contributed by atoms with Gasteiger partial charge in [-0.2, -0.15) is 0 Å². The van der Waals surface area contributed by atoms with Gasteiger partial charge >= 0.3 is 29.6 Å². The smallest absolute Gasteiger partial charge is 0.545 e. The summed E-state index contributed by atoms with van der Waals surface area (Å²) in [5.41, 5.74) is 6.15. The van der Waals surface area contributed by atoms with Gasteiger partial charge in [0.2, 0.25) is 0 Å². The van der Waals surface area contributed by atoms with E-state index in [1.165, 1.54) is 12.1 Å². The summed E-state index contributed by atoms with van der Waals surface area (Å²) in [5.74, 6) is -1.78. The molecular formula is C17H26N3NaO3S. The van der Waals surface area contributed by atoms with E-state index in [1.54, 1.807) is 11.0 Å². The Labute approximate surface area is 177 Å². The van der Waals surface area contributed by atoms with Crippen molar-refractivity contribution in [2.24, 2.45) is 5.73 Å². The zero-order valence-corrected chi connectivity index (χ0v) is 18.3. The third-order valence-corrected chi connectivity index (χ3v) is 4.34. The quantitative estimate of drug-likeness (QED) is 0.393. The van der Waals surface area contributed by atoms with Crippen molar-refractivity contribution in [2.45, 2.75) is 39.7 Å². The van der Waals surface area contributed by atoms with Gasteiger partial charge in [0, 0.05) is 23.4 Å². The average molecular weight is 375 g/mol. The van der Waals surface area contributed by atoms with Crippen LogP contribution in [-0.2, 0) is 0 Å². The van der Waals surface area contributed by atoms with Gasteiger partial charge in [0.05, 0.1) is 5.97 Å². The number of carbonyl (C=O) groups excluding carboxylic acids is 1. The third-order valence-electron chi connectivity index (χ3n) is 4.15. The topological polar surface area (TPSA) is 92.9 Å². The molecule has 0 heterocycles. The van der Waals surface area contributed by atoms with Gasteiger partial charge in [0.1, 0.15) is 5.75 Å². The van der Waals surface area contributed by atoms with Gasteiger partial charge in [-0.25, -0.2) is 0 Å². The Morgan fingerprint density at radius 2 is 1.96 bits per heavy atom. The number of benzene rings is 1. The maximum absolute atomic E-state index is 10.9. The summed E-state index contributed by atoms with van der Waals surface area (Å²) in [5, 5.41) is 20.9. The largest absolute Gasteiger partial charge is 1.00 e. The Morgan fingerprint density at radius 1 is 1.36 bits per heavy atom. The van der Waals surface area contributed by atoms with Gasteiger partial charge in [-0.05, 0) is 63.8 Å². The number of carbonyl (C=O) groups is 1. The molecule has 0 fully saturated rings. The van der Waals surface area contributed by atoms with Crippen molar-refractivity contribution < 1.29 is 44.6 Å². The summed E-state index contributed by atoms with van der Waals surface area (Å²) < 4.78 is 0. The number of phenols is 1. The molecule has 0 bridgehead atoms. The second-order valence-corrected chi connectivity index (χ2v) is 6.13. The molecule has 1 aromatic rings. The van der Waals surface area contributed by atoms with E-state index in [0.29, 0.717) is 5.69 Å². The van der Waals surface area contributed by atoms with Crippen molar-refractivity contribution in [2.75, 3.05) is 24.5 Å². The number of aromatic carboxylic acids is 1. The van der Waals surface area contributed by atoms with Crippen LogP contribution in [0.15, 0.2) is 18.2 Å². The van der Waals surface area contributed by atoms with Crippen LogP contribution in [0, 0.1) is 0 Å². The molecule has 0 saturated heterocycles. The van der Waals surface area contributed by atoms with Crippen LogP contribution in [0.4, 0.5) is 5.69 Å². The first-order valence-electron chi connectivity index (χ1n) is 8.17. The second-order valence-electron chi connectivity index (χ2n) is 5.72. The molecule has 134 valence electrons. The SMILES string of the molecule is CCN(CC)CCCC(C)N(C(N)=S)c1ccc(C(=O)[O-])c(O)c1.[Na+]. The number of carboxylic acids is 1. The van der Waals surface area contributed by atoms with Crippen LogP contribution in [0.1, 0.15) is 44.0 Å². The molecule has 0 aliphatic carbocycles. The normalized spacial score (nSPS) is 11.7. The number of carboxylic acid groups (broad SMARTS) is 1. The van der Waals surface area contributed by atoms with Crippen LogP contribution in [-0.4, -0.2) is 46.8 Å². The van der Waals surface area contributed by atoms with E-state index in [-0.39, 0.29) is 52.0 Å². The minimum atomic E-state index is -1.42. The maximum atomic E-state index is 10.9. The fraction of sp³-hybridized carbons (Fsp3) is 0.529. The first-order chi connectivity index (χ1) is 11.3. The molecule has 8 heteroatoms. The second kappa shape index (κ2) is 11.7. The Hall–Kier alpha value is -0.860. The van der Waals surface area contributed by atoms with Crippen molar-refractivity contribution >= 4 is 29.0 Å². The van der Waals surface area contributed by atoms with Gasteiger partial charge in [-0.3, -0.25) is 0 Å². The van der Waals surface area contributed by atoms with Crippen molar-refractivity contribution in [3.05, 3.63) is 23.8 Å². The number of anilines is 1. The Kier molecular flexibility index (Phi) is 11.3. The molecule has 0 saturated carbocycles. The van der Waals surface area contributed by atoms with Crippen LogP contribution >= 0.6 is 12.2 Å². The summed E-state index contributed by atoms with van der Waals surface area (Å²) in [6.07, 6.45) is 1.86. The number of aromatic hydroxyl groups is 1. The number of thiocarbonyl (C=S) groups is 1. The van der Waals surface area contributed by atoms with Crippen molar-refractivity contribution in [3.63, 3.8) is 0 Å². The summed E-state index contributed by atoms with van der Waals surface area (Å²) in [4.78, 5) is 15.0. The molecule has 0 radical (unpaired) electrons. The van der Waals surface area contributed by atoms with E-state index in [4.69, 9.17) is 18.0 Å². The van der Waals surface area contributed by atoms with Gasteiger partial charge < -0.3 is 30.5 Å². The summed E-state index contributed by atoms with van der Waals surface area (Å²) in [7, 11) is 0. The van der Waals surface area contributed by atoms with Crippen LogP contribution < -0.4 is 45.3 Å². The molecule has 0 spiro atoms. The van der Waals surface area contributed by atoms with E-state index in [1.807, 2.05) is 6.92 Å². The fourth-order valence-electron chi connectivity index (χ4n) is 2.72. The Morgan fingerprint density at radius 3 is 2.40 bits per heavy atom. The van der Waals surface area contributed by atoms with Crippen LogP contribution in [0.2, 0.25) is 0 Å². The molecule has 1 aromatic carbocycles. The van der Waals surface area contributed by atoms with E-state index >= 15 is 0 Å². The monoisotopic (exact) mass is 375 g/mol. The molecule has 0 aromatic heterocycles. The maximum Gasteiger partial charge on any atom is 1.00 e. The number of hydrogen-bond donors (Lipinski definition) is 2.